The molecule has 3 aromatic carbocycles. The summed E-state index contributed by atoms with van der Waals surface area (Å²) in [7, 11) is 0. The van der Waals surface area contributed by atoms with Gasteiger partial charge in [0.05, 0.1) is 30.4 Å². The molecule has 0 bridgehead atoms. The number of halogens is 4. The van der Waals surface area contributed by atoms with Gasteiger partial charge in [-0.2, -0.15) is 13.2 Å². The molecule has 8 heteroatoms. The largest absolute Gasteiger partial charge is 0.494 e. The standard InChI is InChI=1S/C30H30F4O4/c1-3-4-17-36-23-12-9-20(10-13-23)25-15-11-22(18-37-25)24-14-16-26(28(31)27(24)30(32,33)34)38-29(35)21-7-5-19(2)6-8-21/h5-10,12-14,16,22,25H,3-4,11,15,17-18H2,1-2H3. The summed E-state index contributed by atoms with van der Waals surface area (Å²) in [6.45, 7) is 4.55. The van der Waals surface area contributed by atoms with Crippen molar-refractivity contribution in [2.75, 3.05) is 13.2 Å². The van der Waals surface area contributed by atoms with Gasteiger partial charge in [-0.1, -0.05) is 49.2 Å². The Hall–Kier alpha value is -3.39. The van der Waals surface area contributed by atoms with Crippen LogP contribution in [-0.2, 0) is 10.9 Å². The zero-order chi connectivity index (χ0) is 27.3. The van der Waals surface area contributed by atoms with Crippen LogP contribution in [0.25, 0.3) is 0 Å². The van der Waals surface area contributed by atoms with E-state index in [1.165, 1.54) is 18.2 Å². The average Bonchev–Trinajstić information content (AvgIpc) is 2.90. The molecule has 1 fully saturated rings. The average molecular weight is 531 g/mol. The maximum atomic E-state index is 15.2. The molecule has 4 rings (SSSR count). The molecule has 1 saturated heterocycles. The van der Waals surface area contributed by atoms with Crippen molar-refractivity contribution in [1.82, 2.24) is 0 Å². The summed E-state index contributed by atoms with van der Waals surface area (Å²) in [6.07, 6.45) is -2.39. The van der Waals surface area contributed by atoms with Crippen molar-refractivity contribution >= 4 is 5.97 Å². The van der Waals surface area contributed by atoms with Crippen LogP contribution in [0.15, 0.2) is 60.7 Å². The summed E-state index contributed by atoms with van der Waals surface area (Å²) < 4.78 is 73.8. The van der Waals surface area contributed by atoms with E-state index in [-0.39, 0.29) is 23.8 Å². The van der Waals surface area contributed by atoms with Crippen LogP contribution >= 0.6 is 0 Å². The number of benzene rings is 3. The quantitative estimate of drug-likeness (QED) is 0.128. The molecule has 0 aromatic heterocycles. The minimum Gasteiger partial charge on any atom is -0.494 e. The fraction of sp³-hybridized carbons (Fsp3) is 0.367. The number of rotatable bonds is 8. The molecule has 0 radical (unpaired) electrons. The first kappa shape index (κ1) is 27.6. The van der Waals surface area contributed by atoms with Crippen molar-refractivity contribution in [2.24, 2.45) is 0 Å². The van der Waals surface area contributed by atoms with E-state index < -0.39 is 35.2 Å². The summed E-state index contributed by atoms with van der Waals surface area (Å²) >= 11 is 0. The lowest BCUT2D eigenvalue weighted by Crippen LogP contribution is -2.23. The van der Waals surface area contributed by atoms with Crippen LogP contribution in [0.1, 0.15) is 77.2 Å². The third-order valence-corrected chi connectivity index (χ3v) is 6.65. The van der Waals surface area contributed by atoms with Crippen molar-refractivity contribution in [3.8, 4) is 11.5 Å². The fourth-order valence-electron chi connectivity index (χ4n) is 4.50. The predicted octanol–water partition coefficient (Wildman–Crippen LogP) is 8.19. The lowest BCUT2D eigenvalue weighted by molar-refractivity contribution is -0.141. The summed E-state index contributed by atoms with van der Waals surface area (Å²) in [5, 5.41) is 0. The number of unbranched alkanes of at least 4 members (excludes halogenated alkanes) is 1. The molecule has 3 aromatic rings. The Kier molecular flexibility index (Phi) is 8.72. The molecule has 4 nitrogen and oxygen atoms in total. The maximum Gasteiger partial charge on any atom is 0.419 e. The van der Waals surface area contributed by atoms with Gasteiger partial charge in [0.2, 0.25) is 0 Å². The van der Waals surface area contributed by atoms with Gasteiger partial charge in [-0.05, 0) is 67.6 Å². The second kappa shape index (κ2) is 12.0. The van der Waals surface area contributed by atoms with E-state index in [1.54, 1.807) is 12.1 Å². The molecule has 1 heterocycles. The topological polar surface area (TPSA) is 44.8 Å². The van der Waals surface area contributed by atoms with E-state index >= 15 is 4.39 Å². The van der Waals surface area contributed by atoms with Crippen molar-refractivity contribution < 1.29 is 36.6 Å². The first-order chi connectivity index (χ1) is 18.2. The molecular weight excluding hydrogens is 500 g/mol. The van der Waals surface area contributed by atoms with Gasteiger partial charge < -0.3 is 14.2 Å². The summed E-state index contributed by atoms with van der Waals surface area (Å²) in [5.41, 5.74) is 0.282. The molecule has 0 saturated carbocycles. The summed E-state index contributed by atoms with van der Waals surface area (Å²) in [4.78, 5) is 12.4. The number of alkyl halides is 3. The Morgan fingerprint density at radius 3 is 2.32 bits per heavy atom. The van der Waals surface area contributed by atoms with Gasteiger partial charge in [0.25, 0.3) is 0 Å². The lowest BCUT2D eigenvalue weighted by Gasteiger charge is -2.31. The molecule has 0 aliphatic carbocycles. The normalized spacial score (nSPS) is 17.7. The highest BCUT2D eigenvalue weighted by atomic mass is 19.4. The second-order valence-corrected chi connectivity index (χ2v) is 9.46. The van der Waals surface area contributed by atoms with Gasteiger partial charge in [-0.3, -0.25) is 0 Å². The van der Waals surface area contributed by atoms with Crippen LogP contribution in [0.2, 0.25) is 0 Å². The van der Waals surface area contributed by atoms with Crippen LogP contribution < -0.4 is 9.47 Å². The van der Waals surface area contributed by atoms with Crippen LogP contribution in [-0.4, -0.2) is 19.2 Å². The molecule has 1 aliphatic heterocycles. The van der Waals surface area contributed by atoms with Crippen molar-refractivity contribution in [3.05, 3.63) is 94.3 Å². The smallest absolute Gasteiger partial charge is 0.419 e. The Bertz CT molecular complexity index is 1230. The van der Waals surface area contributed by atoms with Gasteiger partial charge >= 0.3 is 12.1 Å². The van der Waals surface area contributed by atoms with Crippen LogP contribution in [0, 0.1) is 12.7 Å². The Morgan fingerprint density at radius 1 is 1.00 bits per heavy atom. The first-order valence-electron chi connectivity index (χ1n) is 12.7. The molecule has 2 atom stereocenters. The van der Waals surface area contributed by atoms with Crippen LogP contribution in [0.5, 0.6) is 11.5 Å². The number of carbonyl (C=O) groups excluding carboxylic acids is 1. The first-order valence-corrected chi connectivity index (χ1v) is 12.7. The molecule has 38 heavy (non-hydrogen) atoms. The zero-order valence-corrected chi connectivity index (χ0v) is 21.3. The number of ether oxygens (including phenoxy) is 3. The van der Waals surface area contributed by atoms with Gasteiger partial charge in [0, 0.05) is 5.92 Å². The fourth-order valence-corrected chi connectivity index (χ4v) is 4.50. The van der Waals surface area contributed by atoms with Crippen LogP contribution in [0.4, 0.5) is 17.6 Å². The third-order valence-electron chi connectivity index (χ3n) is 6.65. The highest BCUT2D eigenvalue weighted by Gasteiger charge is 2.41. The lowest BCUT2D eigenvalue weighted by atomic mass is 9.86. The molecule has 202 valence electrons. The van der Waals surface area contributed by atoms with Gasteiger partial charge in [-0.25, -0.2) is 9.18 Å². The summed E-state index contributed by atoms with van der Waals surface area (Å²) in [5.74, 6) is -3.20. The van der Waals surface area contributed by atoms with Gasteiger partial charge in [-0.15, -0.1) is 0 Å². The van der Waals surface area contributed by atoms with Gasteiger partial charge in [0.15, 0.2) is 11.6 Å². The number of esters is 1. The third kappa shape index (κ3) is 6.54. The monoisotopic (exact) mass is 530 g/mol. The molecule has 0 spiro atoms. The van der Waals surface area contributed by atoms with E-state index in [0.29, 0.717) is 19.4 Å². The SMILES string of the molecule is CCCCOc1ccc(C2CCC(c3ccc(OC(=O)c4ccc(C)cc4)c(F)c3C(F)(F)F)CO2)cc1. The van der Waals surface area contributed by atoms with Crippen molar-refractivity contribution in [3.63, 3.8) is 0 Å². The highest BCUT2D eigenvalue weighted by Crippen LogP contribution is 2.44. The molecule has 0 N–H and O–H groups in total. The molecular formula is C30H30F4O4. The predicted molar refractivity (Wildman–Crippen MR) is 135 cm³/mol. The Labute approximate surface area is 219 Å². The highest BCUT2D eigenvalue weighted by molar-refractivity contribution is 5.91. The maximum absolute atomic E-state index is 15.2. The summed E-state index contributed by atoms with van der Waals surface area (Å²) in [6, 6.07) is 16.0. The second-order valence-electron chi connectivity index (χ2n) is 9.46. The van der Waals surface area contributed by atoms with E-state index in [1.807, 2.05) is 31.2 Å². The molecule has 2 unspecified atom stereocenters. The minimum absolute atomic E-state index is 0.00440. The Balaban J connectivity index is 1.47. The minimum atomic E-state index is -4.98. The van der Waals surface area contributed by atoms with Gasteiger partial charge in [0.1, 0.15) is 5.75 Å². The zero-order valence-electron chi connectivity index (χ0n) is 21.3. The number of carbonyl (C=O) groups is 1. The van der Waals surface area contributed by atoms with E-state index in [4.69, 9.17) is 14.2 Å². The van der Waals surface area contributed by atoms with E-state index in [9.17, 15) is 18.0 Å². The number of aryl methyl sites for hydroxylation is 1. The van der Waals surface area contributed by atoms with E-state index in [0.717, 1.165) is 35.8 Å². The molecule has 1 aliphatic rings. The van der Waals surface area contributed by atoms with Crippen LogP contribution in [0.3, 0.4) is 0 Å². The molecule has 0 amide bonds. The number of hydrogen-bond acceptors (Lipinski definition) is 4. The van der Waals surface area contributed by atoms with Crippen molar-refractivity contribution in [1.29, 1.82) is 0 Å². The number of hydrogen-bond donors (Lipinski definition) is 0. The Morgan fingerprint density at radius 2 is 1.71 bits per heavy atom. The van der Waals surface area contributed by atoms with E-state index in [2.05, 4.69) is 6.92 Å². The van der Waals surface area contributed by atoms with Crippen molar-refractivity contribution in [2.45, 2.75) is 57.7 Å².